The minimum atomic E-state index is -1.32. The van der Waals surface area contributed by atoms with Crippen LogP contribution < -0.4 is 10.2 Å². The van der Waals surface area contributed by atoms with Gasteiger partial charge in [-0.2, -0.15) is 0 Å². The molecule has 0 spiro atoms. The molecule has 3 rings (SSSR count). The van der Waals surface area contributed by atoms with E-state index < -0.39 is 29.7 Å². The summed E-state index contributed by atoms with van der Waals surface area (Å²) in [6.07, 6.45) is -1.66. The Labute approximate surface area is 162 Å². The molecule has 1 amide bonds. The number of carbonyl (C=O) groups excluding carboxylic acids is 1. The number of ether oxygens (including phenoxy) is 1. The number of anilines is 1. The molecule has 1 saturated heterocycles. The SMILES string of the molecule is CC(C)(C)OC(=O)N(c1ccc(F)c2ccc(CO)nc12)[C@@H]1CCNC[C@@H]1F. The van der Waals surface area contributed by atoms with Gasteiger partial charge in [-0.1, -0.05) is 0 Å². The van der Waals surface area contributed by atoms with Crippen molar-refractivity contribution in [2.45, 2.75) is 51.6 Å². The lowest BCUT2D eigenvalue weighted by atomic mass is 10.0. The third-order valence-corrected chi connectivity index (χ3v) is 4.56. The van der Waals surface area contributed by atoms with Crippen LogP contribution in [0.25, 0.3) is 10.9 Å². The molecule has 28 heavy (non-hydrogen) atoms. The van der Waals surface area contributed by atoms with Gasteiger partial charge in [-0.05, 0) is 58.0 Å². The monoisotopic (exact) mass is 393 g/mol. The van der Waals surface area contributed by atoms with E-state index in [-0.39, 0.29) is 29.7 Å². The lowest BCUT2D eigenvalue weighted by Gasteiger charge is -2.37. The summed E-state index contributed by atoms with van der Waals surface area (Å²) in [4.78, 5) is 18.6. The summed E-state index contributed by atoms with van der Waals surface area (Å²) in [5.74, 6) is -0.512. The number of nitrogens with one attached hydrogen (secondary N) is 1. The molecular weight excluding hydrogens is 368 g/mol. The molecule has 2 N–H and O–H groups in total. The summed E-state index contributed by atoms with van der Waals surface area (Å²) in [7, 11) is 0. The number of halogens is 2. The summed E-state index contributed by atoms with van der Waals surface area (Å²) in [5, 5.41) is 12.6. The smallest absolute Gasteiger partial charge is 0.415 e. The lowest BCUT2D eigenvalue weighted by Crippen LogP contribution is -2.54. The Morgan fingerprint density at radius 3 is 2.75 bits per heavy atom. The quantitative estimate of drug-likeness (QED) is 0.837. The van der Waals surface area contributed by atoms with Crippen LogP contribution in [0.3, 0.4) is 0 Å². The third-order valence-electron chi connectivity index (χ3n) is 4.56. The average molecular weight is 393 g/mol. The summed E-state index contributed by atoms with van der Waals surface area (Å²) >= 11 is 0. The molecule has 0 unspecified atom stereocenters. The molecule has 0 saturated carbocycles. The number of benzene rings is 1. The van der Waals surface area contributed by atoms with Crippen LogP contribution >= 0.6 is 0 Å². The Morgan fingerprint density at radius 2 is 2.11 bits per heavy atom. The highest BCUT2D eigenvalue weighted by Crippen LogP contribution is 2.33. The van der Waals surface area contributed by atoms with Crippen molar-refractivity contribution in [1.29, 1.82) is 0 Å². The highest BCUT2D eigenvalue weighted by Gasteiger charge is 2.37. The van der Waals surface area contributed by atoms with Crippen LogP contribution in [0.5, 0.6) is 0 Å². The number of carbonyl (C=O) groups is 1. The molecule has 6 nitrogen and oxygen atoms in total. The van der Waals surface area contributed by atoms with Crippen molar-refractivity contribution in [3.63, 3.8) is 0 Å². The number of pyridine rings is 1. The predicted molar refractivity (Wildman–Crippen MR) is 103 cm³/mol. The molecule has 0 radical (unpaired) electrons. The van der Waals surface area contributed by atoms with Crippen molar-refractivity contribution in [2.24, 2.45) is 0 Å². The van der Waals surface area contributed by atoms with Crippen LogP contribution in [0.2, 0.25) is 0 Å². The second-order valence-electron chi connectivity index (χ2n) is 7.85. The van der Waals surface area contributed by atoms with E-state index in [1.165, 1.54) is 29.2 Å². The Bertz CT molecular complexity index is 870. The van der Waals surface area contributed by atoms with Crippen LogP contribution in [0.4, 0.5) is 19.3 Å². The topological polar surface area (TPSA) is 74.7 Å². The fourth-order valence-corrected chi connectivity index (χ4v) is 3.31. The summed E-state index contributed by atoms with van der Waals surface area (Å²) in [6, 6.07) is 4.86. The second-order valence-corrected chi connectivity index (χ2v) is 7.85. The summed E-state index contributed by atoms with van der Waals surface area (Å²) in [6.45, 7) is 5.49. The Morgan fingerprint density at radius 1 is 1.36 bits per heavy atom. The van der Waals surface area contributed by atoms with Crippen molar-refractivity contribution in [1.82, 2.24) is 10.3 Å². The summed E-state index contributed by atoms with van der Waals surface area (Å²) in [5.41, 5.74) is -0.0163. The van der Waals surface area contributed by atoms with Gasteiger partial charge in [0.05, 0.1) is 29.5 Å². The molecule has 0 bridgehead atoms. The van der Waals surface area contributed by atoms with E-state index in [2.05, 4.69) is 10.3 Å². The molecule has 152 valence electrons. The maximum Gasteiger partial charge on any atom is 0.415 e. The van der Waals surface area contributed by atoms with Gasteiger partial charge in [-0.15, -0.1) is 0 Å². The molecule has 2 heterocycles. The fourth-order valence-electron chi connectivity index (χ4n) is 3.31. The van der Waals surface area contributed by atoms with Crippen LogP contribution in [-0.2, 0) is 11.3 Å². The van der Waals surface area contributed by atoms with Crippen LogP contribution in [0.1, 0.15) is 32.9 Å². The summed E-state index contributed by atoms with van der Waals surface area (Å²) < 4.78 is 34.6. The molecule has 1 fully saturated rings. The van der Waals surface area contributed by atoms with Crippen molar-refractivity contribution >= 4 is 22.7 Å². The third kappa shape index (κ3) is 4.23. The second kappa shape index (κ2) is 7.97. The number of piperidine rings is 1. The molecular formula is C20H25F2N3O3. The maximum atomic E-state index is 14.8. The van der Waals surface area contributed by atoms with Gasteiger partial charge in [0.1, 0.15) is 17.6 Å². The number of aromatic nitrogens is 1. The molecule has 1 aromatic carbocycles. The number of hydrogen-bond acceptors (Lipinski definition) is 5. The number of nitrogens with zero attached hydrogens (tertiary/aromatic N) is 2. The zero-order valence-electron chi connectivity index (χ0n) is 16.2. The number of fused-ring (bicyclic) bond motifs is 1. The van der Waals surface area contributed by atoms with Gasteiger partial charge in [-0.25, -0.2) is 18.6 Å². The zero-order chi connectivity index (χ0) is 20.5. The lowest BCUT2D eigenvalue weighted by molar-refractivity contribution is 0.0535. The highest BCUT2D eigenvalue weighted by molar-refractivity contribution is 6.00. The molecule has 1 aliphatic rings. The van der Waals surface area contributed by atoms with Crippen LogP contribution in [0, 0.1) is 5.82 Å². The zero-order valence-corrected chi connectivity index (χ0v) is 16.2. The standard InChI is InChI=1S/C20H25F2N3O3/c1-20(2,3)28-19(27)25(16-8-9-23-10-15(16)22)17-7-6-14(21)13-5-4-12(11-26)24-18(13)17/h4-7,15-16,23,26H,8-11H2,1-3H3/t15-,16+/m0/s1. The van der Waals surface area contributed by atoms with Gasteiger partial charge in [0, 0.05) is 11.9 Å². The van der Waals surface area contributed by atoms with Crippen molar-refractivity contribution < 1.29 is 23.4 Å². The average Bonchev–Trinajstić information content (AvgIpc) is 2.63. The van der Waals surface area contributed by atoms with Crippen LogP contribution in [-0.4, -0.2) is 47.1 Å². The van der Waals surface area contributed by atoms with E-state index in [0.29, 0.717) is 18.7 Å². The first-order chi connectivity index (χ1) is 13.2. The predicted octanol–water partition coefficient (Wildman–Crippen LogP) is 3.31. The minimum Gasteiger partial charge on any atom is -0.443 e. The first kappa shape index (κ1) is 20.4. The largest absolute Gasteiger partial charge is 0.443 e. The minimum absolute atomic E-state index is 0.110. The van der Waals surface area contributed by atoms with E-state index in [1.807, 2.05) is 0 Å². The van der Waals surface area contributed by atoms with E-state index in [9.17, 15) is 18.7 Å². The Balaban J connectivity index is 2.16. The van der Waals surface area contributed by atoms with E-state index >= 15 is 0 Å². The number of hydrogen-bond donors (Lipinski definition) is 2. The van der Waals surface area contributed by atoms with E-state index in [4.69, 9.17) is 4.74 Å². The maximum absolute atomic E-state index is 14.8. The van der Waals surface area contributed by atoms with Gasteiger partial charge in [-0.3, -0.25) is 4.90 Å². The molecule has 8 heteroatoms. The van der Waals surface area contributed by atoms with Crippen molar-refractivity contribution in [3.8, 4) is 0 Å². The number of aliphatic hydroxyl groups excluding tert-OH is 1. The van der Waals surface area contributed by atoms with Crippen molar-refractivity contribution in [2.75, 3.05) is 18.0 Å². The van der Waals surface area contributed by atoms with Gasteiger partial charge < -0.3 is 15.2 Å². The molecule has 0 aliphatic carbocycles. The number of aliphatic hydroxyl groups is 1. The van der Waals surface area contributed by atoms with Gasteiger partial charge in [0.15, 0.2) is 0 Å². The molecule has 2 aromatic rings. The molecule has 2 atom stereocenters. The van der Waals surface area contributed by atoms with Gasteiger partial charge >= 0.3 is 6.09 Å². The molecule has 1 aromatic heterocycles. The molecule has 1 aliphatic heterocycles. The first-order valence-electron chi connectivity index (χ1n) is 9.27. The highest BCUT2D eigenvalue weighted by atomic mass is 19.1. The number of amides is 1. The first-order valence-corrected chi connectivity index (χ1v) is 9.27. The number of rotatable bonds is 3. The Kier molecular flexibility index (Phi) is 5.81. The number of alkyl halides is 1. The normalized spacial score (nSPS) is 20.2. The van der Waals surface area contributed by atoms with Crippen molar-refractivity contribution in [3.05, 3.63) is 35.8 Å². The fraction of sp³-hybridized carbons (Fsp3) is 0.500. The van der Waals surface area contributed by atoms with E-state index in [0.717, 1.165) is 0 Å². The van der Waals surface area contributed by atoms with Gasteiger partial charge in [0.2, 0.25) is 0 Å². The van der Waals surface area contributed by atoms with E-state index in [1.54, 1.807) is 20.8 Å². The van der Waals surface area contributed by atoms with Gasteiger partial charge in [0.25, 0.3) is 0 Å². The van der Waals surface area contributed by atoms with Crippen LogP contribution in [0.15, 0.2) is 24.3 Å². The Hall–Kier alpha value is -2.32.